The molecule has 0 aliphatic heterocycles. The lowest BCUT2D eigenvalue weighted by Gasteiger charge is -2.24. The molecule has 0 heterocycles. The number of carboxylic acid groups (broad SMARTS) is 1. The van der Waals surface area contributed by atoms with Gasteiger partial charge in [0, 0.05) is 24.4 Å². The van der Waals surface area contributed by atoms with Gasteiger partial charge in [0.25, 0.3) is 0 Å². The minimum Gasteiger partial charge on any atom is -0.481 e. The normalized spacial score (nSPS) is 14.2. The highest BCUT2D eigenvalue weighted by Gasteiger charge is 2.29. The minimum atomic E-state index is -0.959. The Labute approximate surface area is 194 Å². The van der Waals surface area contributed by atoms with Crippen molar-refractivity contribution < 1.29 is 24.2 Å². The van der Waals surface area contributed by atoms with Gasteiger partial charge in [-0.1, -0.05) is 69.3 Å². The molecule has 7 nitrogen and oxygen atoms in total. The van der Waals surface area contributed by atoms with Crippen molar-refractivity contribution in [2.24, 2.45) is 5.92 Å². The van der Waals surface area contributed by atoms with Crippen molar-refractivity contribution >= 4 is 18.0 Å². The third-order valence-corrected chi connectivity index (χ3v) is 6.14. The van der Waals surface area contributed by atoms with E-state index in [1.807, 2.05) is 45.0 Å². The summed E-state index contributed by atoms with van der Waals surface area (Å²) in [4.78, 5) is 36.0. The SMILES string of the molecule is CC[C@H](CC(=O)O)NC(=O)C[C@@H](NC(=O)OCC1c2ccccc2-c2ccccc21)C(C)C. The first kappa shape index (κ1) is 24.3. The number of carbonyl (C=O) groups is 3. The highest BCUT2D eigenvalue weighted by Crippen LogP contribution is 2.44. The molecule has 0 bridgehead atoms. The van der Waals surface area contributed by atoms with Crippen molar-refractivity contribution in [3.05, 3.63) is 59.7 Å². The third-order valence-electron chi connectivity index (χ3n) is 6.14. The van der Waals surface area contributed by atoms with E-state index in [1.165, 1.54) is 0 Å². The standard InChI is InChI=1S/C26H32N2O5/c1-4-17(13-25(30)31)27-24(29)14-23(16(2)3)28-26(32)33-15-22-20-11-7-5-9-18(20)19-10-6-8-12-21(19)22/h5-12,16-17,22-23H,4,13-15H2,1-3H3,(H,27,29)(H,28,32)(H,30,31)/t17-,23-/m1/s1. The number of carboxylic acids is 1. The van der Waals surface area contributed by atoms with Crippen LogP contribution in [0.25, 0.3) is 11.1 Å². The molecule has 2 aromatic rings. The summed E-state index contributed by atoms with van der Waals surface area (Å²) in [6, 6.07) is 15.4. The number of carbonyl (C=O) groups excluding carboxylic acids is 2. The van der Waals surface area contributed by atoms with Gasteiger partial charge in [0.2, 0.25) is 5.91 Å². The van der Waals surface area contributed by atoms with E-state index in [4.69, 9.17) is 9.84 Å². The van der Waals surface area contributed by atoms with Crippen molar-refractivity contribution in [2.45, 2.75) is 58.0 Å². The average molecular weight is 453 g/mol. The number of rotatable bonds is 10. The van der Waals surface area contributed by atoms with Crippen molar-refractivity contribution in [1.82, 2.24) is 10.6 Å². The molecule has 33 heavy (non-hydrogen) atoms. The summed E-state index contributed by atoms with van der Waals surface area (Å²) in [5, 5.41) is 14.5. The Balaban J connectivity index is 1.59. The fraction of sp³-hybridized carbons (Fsp3) is 0.423. The molecule has 2 atom stereocenters. The molecule has 0 aromatic heterocycles. The first-order chi connectivity index (χ1) is 15.8. The van der Waals surface area contributed by atoms with Gasteiger partial charge in [-0.2, -0.15) is 0 Å². The van der Waals surface area contributed by atoms with Crippen molar-refractivity contribution in [3.8, 4) is 11.1 Å². The van der Waals surface area contributed by atoms with E-state index >= 15 is 0 Å². The Bertz CT molecular complexity index is 958. The summed E-state index contributed by atoms with van der Waals surface area (Å²) in [7, 11) is 0. The van der Waals surface area contributed by atoms with Gasteiger partial charge in [-0.25, -0.2) is 4.79 Å². The zero-order chi connectivity index (χ0) is 24.0. The molecule has 2 aromatic carbocycles. The predicted octanol–water partition coefficient (Wildman–Crippen LogP) is 4.31. The maximum atomic E-state index is 12.6. The predicted molar refractivity (Wildman–Crippen MR) is 126 cm³/mol. The van der Waals surface area contributed by atoms with Crippen LogP contribution >= 0.6 is 0 Å². The van der Waals surface area contributed by atoms with Crippen LogP contribution in [0, 0.1) is 5.92 Å². The van der Waals surface area contributed by atoms with Crippen LogP contribution in [0.2, 0.25) is 0 Å². The van der Waals surface area contributed by atoms with Crippen LogP contribution in [0.3, 0.4) is 0 Å². The highest BCUT2D eigenvalue weighted by molar-refractivity contribution is 5.80. The summed E-state index contributed by atoms with van der Waals surface area (Å²) < 4.78 is 5.60. The van der Waals surface area contributed by atoms with Crippen LogP contribution in [-0.4, -0.2) is 41.8 Å². The average Bonchev–Trinajstić information content (AvgIpc) is 3.10. The Morgan fingerprint density at radius 2 is 1.52 bits per heavy atom. The van der Waals surface area contributed by atoms with Gasteiger partial charge in [-0.3, -0.25) is 9.59 Å². The first-order valence-corrected chi connectivity index (χ1v) is 11.4. The summed E-state index contributed by atoms with van der Waals surface area (Å²) in [6.45, 7) is 5.85. The van der Waals surface area contributed by atoms with Gasteiger partial charge in [-0.05, 0) is 34.6 Å². The van der Waals surface area contributed by atoms with Crippen molar-refractivity contribution in [3.63, 3.8) is 0 Å². The van der Waals surface area contributed by atoms with Crippen LogP contribution in [0.5, 0.6) is 0 Å². The molecule has 0 saturated carbocycles. The topological polar surface area (TPSA) is 105 Å². The van der Waals surface area contributed by atoms with E-state index in [-0.39, 0.29) is 37.2 Å². The number of aliphatic carboxylic acids is 1. The number of hydrogen-bond acceptors (Lipinski definition) is 4. The van der Waals surface area contributed by atoms with Gasteiger partial charge in [-0.15, -0.1) is 0 Å². The number of amides is 2. The molecular weight excluding hydrogens is 420 g/mol. The van der Waals surface area contributed by atoms with Gasteiger partial charge < -0.3 is 20.5 Å². The fourth-order valence-corrected chi connectivity index (χ4v) is 4.24. The smallest absolute Gasteiger partial charge is 0.407 e. The summed E-state index contributed by atoms with van der Waals surface area (Å²) in [5.41, 5.74) is 4.59. The number of fused-ring (bicyclic) bond motifs is 3. The van der Waals surface area contributed by atoms with E-state index in [0.717, 1.165) is 22.3 Å². The second-order valence-electron chi connectivity index (χ2n) is 8.80. The molecule has 1 aliphatic rings. The molecule has 0 saturated heterocycles. The number of nitrogens with one attached hydrogen (secondary N) is 2. The van der Waals surface area contributed by atoms with Crippen LogP contribution < -0.4 is 10.6 Å². The zero-order valence-electron chi connectivity index (χ0n) is 19.3. The van der Waals surface area contributed by atoms with E-state index in [0.29, 0.717) is 6.42 Å². The highest BCUT2D eigenvalue weighted by atomic mass is 16.5. The van der Waals surface area contributed by atoms with Crippen LogP contribution in [-0.2, 0) is 14.3 Å². The maximum Gasteiger partial charge on any atom is 0.407 e. The van der Waals surface area contributed by atoms with Crippen molar-refractivity contribution in [2.75, 3.05) is 6.61 Å². The second kappa shape index (κ2) is 11.0. The lowest BCUT2D eigenvalue weighted by molar-refractivity contribution is -0.137. The van der Waals surface area contributed by atoms with Gasteiger partial charge >= 0.3 is 12.1 Å². The van der Waals surface area contributed by atoms with E-state index in [2.05, 4.69) is 34.9 Å². The van der Waals surface area contributed by atoms with Crippen LogP contribution in [0.4, 0.5) is 4.79 Å². The minimum absolute atomic E-state index is 0.00390. The van der Waals surface area contributed by atoms with Gasteiger partial charge in [0.1, 0.15) is 6.61 Å². The summed E-state index contributed by atoms with van der Waals surface area (Å²) in [5.74, 6) is -1.29. The lowest BCUT2D eigenvalue weighted by atomic mass is 9.98. The fourth-order valence-electron chi connectivity index (χ4n) is 4.24. The first-order valence-electron chi connectivity index (χ1n) is 11.4. The zero-order valence-corrected chi connectivity index (χ0v) is 19.3. The number of hydrogen-bond donors (Lipinski definition) is 3. The Hall–Kier alpha value is -3.35. The second-order valence-corrected chi connectivity index (χ2v) is 8.80. The van der Waals surface area contributed by atoms with E-state index < -0.39 is 24.1 Å². The van der Waals surface area contributed by atoms with E-state index in [9.17, 15) is 14.4 Å². The van der Waals surface area contributed by atoms with Crippen LogP contribution in [0.15, 0.2) is 48.5 Å². The Morgan fingerprint density at radius 3 is 2.03 bits per heavy atom. The number of ether oxygens (including phenoxy) is 1. The molecule has 1 aliphatic carbocycles. The molecule has 3 rings (SSSR count). The Kier molecular flexibility index (Phi) is 8.09. The molecule has 0 unspecified atom stereocenters. The summed E-state index contributed by atoms with van der Waals surface area (Å²) in [6.07, 6.45) is -0.128. The molecule has 0 fully saturated rings. The van der Waals surface area contributed by atoms with Gasteiger partial charge in [0.05, 0.1) is 6.42 Å². The quantitative estimate of drug-likeness (QED) is 0.498. The molecule has 0 spiro atoms. The molecular formula is C26H32N2O5. The molecule has 3 N–H and O–H groups in total. The number of alkyl carbamates (subject to hydrolysis) is 1. The third kappa shape index (κ3) is 6.12. The number of benzene rings is 2. The van der Waals surface area contributed by atoms with E-state index in [1.54, 1.807) is 0 Å². The molecule has 2 amide bonds. The maximum absolute atomic E-state index is 12.6. The molecule has 0 radical (unpaired) electrons. The van der Waals surface area contributed by atoms with Crippen molar-refractivity contribution in [1.29, 1.82) is 0 Å². The van der Waals surface area contributed by atoms with Crippen LogP contribution in [0.1, 0.15) is 57.1 Å². The summed E-state index contributed by atoms with van der Waals surface area (Å²) >= 11 is 0. The lowest BCUT2D eigenvalue weighted by Crippen LogP contribution is -2.45. The molecule has 7 heteroatoms. The Morgan fingerprint density at radius 1 is 0.939 bits per heavy atom. The molecule has 176 valence electrons. The largest absolute Gasteiger partial charge is 0.481 e. The van der Waals surface area contributed by atoms with Gasteiger partial charge in [0.15, 0.2) is 0 Å². The monoisotopic (exact) mass is 452 g/mol.